The number of ether oxygens (including phenoxy) is 1. The molecule has 24 heavy (non-hydrogen) atoms. The van der Waals surface area contributed by atoms with Gasteiger partial charge in [0.1, 0.15) is 5.75 Å². The van der Waals surface area contributed by atoms with Gasteiger partial charge < -0.3 is 9.64 Å². The monoisotopic (exact) mass is 408 g/mol. The number of hydrogen-bond acceptors (Lipinski definition) is 4. The van der Waals surface area contributed by atoms with E-state index in [1.807, 2.05) is 36.1 Å². The molecule has 128 valence electrons. The molecule has 1 saturated heterocycles. The molecule has 6 heteroatoms. The molecular formula is C18H21BrN2O2S. The summed E-state index contributed by atoms with van der Waals surface area (Å²) < 4.78 is 6.84. The standard InChI is InChI=1S/C18H21BrN2O2S/c1-14-4-2-3-5-16(14)23-13-18(22)21-10-8-20(9-11-21)12-15-6-7-17(19)24-15/h2-7H,8-13H2,1H3. The van der Waals surface area contributed by atoms with E-state index in [9.17, 15) is 4.79 Å². The summed E-state index contributed by atoms with van der Waals surface area (Å²) in [5.74, 6) is 0.851. The lowest BCUT2D eigenvalue weighted by molar-refractivity contribution is -0.135. The fourth-order valence-electron chi connectivity index (χ4n) is 2.76. The van der Waals surface area contributed by atoms with E-state index in [1.165, 1.54) is 8.66 Å². The van der Waals surface area contributed by atoms with Gasteiger partial charge in [-0.25, -0.2) is 0 Å². The van der Waals surface area contributed by atoms with Crippen molar-refractivity contribution in [2.75, 3.05) is 32.8 Å². The first-order chi connectivity index (χ1) is 11.6. The zero-order valence-corrected chi connectivity index (χ0v) is 16.1. The van der Waals surface area contributed by atoms with Crippen molar-refractivity contribution in [3.8, 4) is 5.75 Å². The minimum atomic E-state index is 0.0665. The Balaban J connectivity index is 1.44. The Bertz CT molecular complexity index is 696. The van der Waals surface area contributed by atoms with Crippen LogP contribution in [0.4, 0.5) is 0 Å². The van der Waals surface area contributed by atoms with E-state index in [1.54, 1.807) is 11.3 Å². The Morgan fingerprint density at radius 1 is 1.17 bits per heavy atom. The van der Waals surface area contributed by atoms with Crippen molar-refractivity contribution >= 4 is 33.2 Å². The highest BCUT2D eigenvalue weighted by Gasteiger charge is 2.21. The molecule has 1 fully saturated rings. The molecule has 0 aliphatic carbocycles. The molecule has 3 rings (SSSR count). The first-order valence-electron chi connectivity index (χ1n) is 8.04. The minimum Gasteiger partial charge on any atom is -0.484 e. The lowest BCUT2D eigenvalue weighted by Gasteiger charge is -2.34. The maximum Gasteiger partial charge on any atom is 0.260 e. The molecular weight excluding hydrogens is 388 g/mol. The molecule has 1 aliphatic rings. The number of para-hydroxylation sites is 1. The summed E-state index contributed by atoms with van der Waals surface area (Å²) in [6.45, 7) is 6.41. The number of rotatable bonds is 5. The Kier molecular flexibility index (Phi) is 5.92. The molecule has 4 nitrogen and oxygen atoms in total. The zero-order chi connectivity index (χ0) is 16.9. The smallest absolute Gasteiger partial charge is 0.260 e. The summed E-state index contributed by atoms with van der Waals surface area (Å²) in [6, 6.07) is 12.0. The van der Waals surface area contributed by atoms with Gasteiger partial charge in [-0.15, -0.1) is 11.3 Å². The van der Waals surface area contributed by atoms with Gasteiger partial charge in [0.25, 0.3) is 5.91 Å². The van der Waals surface area contributed by atoms with Gasteiger partial charge in [0.05, 0.1) is 3.79 Å². The summed E-state index contributed by atoms with van der Waals surface area (Å²) in [5.41, 5.74) is 1.05. The van der Waals surface area contributed by atoms with Crippen LogP contribution in [-0.4, -0.2) is 48.5 Å². The molecule has 2 heterocycles. The number of nitrogens with zero attached hydrogens (tertiary/aromatic N) is 2. The second-order valence-electron chi connectivity index (χ2n) is 5.92. The first kappa shape index (κ1) is 17.5. The molecule has 0 saturated carbocycles. The predicted octanol–water partition coefficient (Wildman–Crippen LogP) is 3.54. The summed E-state index contributed by atoms with van der Waals surface area (Å²) in [6.07, 6.45) is 0. The highest BCUT2D eigenvalue weighted by atomic mass is 79.9. The van der Waals surface area contributed by atoms with E-state index in [-0.39, 0.29) is 12.5 Å². The quantitative estimate of drug-likeness (QED) is 0.758. The SMILES string of the molecule is Cc1ccccc1OCC(=O)N1CCN(Cc2ccc(Br)s2)CC1. The maximum atomic E-state index is 12.3. The van der Waals surface area contributed by atoms with Crippen LogP contribution in [0.1, 0.15) is 10.4 Å². The van der Waals surface area contributed by atoms with Crippen molar-refractivity contribution in [2.24, 2.45) is 0 Å². The minimum absolute atomic E-state index is 0.0665. The fourth-order valence-corrected chi connectivity index (χ4v) is 4.29. The summed E-state index contributed by atoms with van der Waals surface area (Å²) in [7, 11) is 0. The van der Waals surface area contributed by atoms with Crippen LogP contribution in [0.3, 0.4) is 0 Å². The van der Waals surface area contributed by atoms with Crippen molar-refractivity contribution in [2.45, 2.75) is 13.5 Å². The van der Waals surface area contributed by atoms with Crippen molar-refractivity contribution in [3.63, 3.8) is 0 Å². The van der Waals surface area contributed by atoms with E-state index in [0.29, 0.717) is 0 Å². The molecule has 1 aromatic carbocycles. The van der Waals surface area contributed by atoms with Gasteiger partial charge in [-0.1, -0.05) is 18.2 Å². The number of carbonyl (C=O) groups is 1. The number of hydrogen-bond donors (Lipinski definition) is 0. The summed E-state index contributed by atoms with van der Waals surface area (Å²) >= 11 is 5.27. The van der Waals surface area contributed by atoms with Gasteiger partial charge >= 0.3 is 0 Å². The van der Waals surface area contributed by atoms with E-state index >= 15 is 0 Å². The van der Waals surface area contributed by atoms with Gasteiger partial charge in [-0.2, -0.15) is 0 Å². The number of carbonyl (C=O) groups excluding carboxylic acids is 1. The molecule has 1 aliphatic heterocycles. The van der Waals surface area contributed by atoms with Crippen LogP contribution in [0.25, 0.3) is 0 Å². The number of piperazine rings is 1. The third-order valence-corrected chi connectivity index (χ3v) is 5.79. The number of benzene rings is 1. The number of halogens is 1. The average Bonchev–Trinajstić information content (AvgIpc) is 2.99. The molecule has 2 aromatic rings. The van der Waals surface area contributed by atoms with Crippen molar-refractivity contribution in [3.05, 3.63) is 50.6 Å². The molecule has 1 amide bonds. The van der Waals surface area contributed by atoms with Gasteiger partial charge in [-0.05, 0) is 46.6 Å². The fraction of sp³-hybridized carbons (Fsp3) is 0.389. The maximum absolute atomic E-state index is 12.3. The molecule has 0 N–H and O–H groups in total. The Hall–Kier alpha value is -1.37. The lowest BCUT2D eigenvalue weighted by atomic mass is 10.2. The third-order valence-electron chi connectivity index (χ3n) is 4.18. The average molecular weight is 409 g/mol. The van der Waals surface area contributed by atoms with Crippen LogP contribution >= 0.6 is 27.3 Å². The summed E-state index contributed by atoms with van der Waals surface area (Å²) in [4.78, 5) is 18.0. The second-order valence-corrected chi connectivity index (χ2v) is 8.46. The highest BCUT2D eigenvalue weighted by molar-refractivity contribution is 9.11. The Morgan fingerprint density at radius 3 is 2.58 bits per heavy atom. The van der Waals surface area contributed by atoms with Gasteiger partial charge in [-0.3, -0.25) is 9.69 Å². The molecule has 0 atom stereocenters. The van der Waals surface area contributed by atoms with Crippen LogP contribution in [0.15, 0.2) is 40.2 Å². The van der Waals surface area contributed by atoms with Crippen LogP contribution in [0, 0.1) is 6.92 Å². The molecule has 0 radical (unpaired) electrons. The molecule has 0 spiro atoms. The van der Waals surface area contributed by atoms with Gasteiger partial charge in [0, 0.05) is 37.6 Å². The van der Waals surface area contributed by atoms with E-state index in [4.69, 9.17) is 4.74 Å². The zero-order valence-electron chi connectivity index (χ0n) is 13.7. The molecule has 1 aromatic heterocycles. The second kappa shape index (κ2) is 8.14. The molecule has 0 unspecified atom stereocenters. The first-order valence-corrected chi connectivity index (χ1v) is 9.65. The van der Waals surface area contributed by atoms with Crippen molar-refractivity contribution < 1.29 is 9.53 Å². The van der Waals surface area contributed by atoms with Crippen molar-refractivity contribution in [1.82, 2.24) is 9.80 Å². The molecule has 0 bridgehead atoms. The van der Waals surface area contributed by atoms with Gasteiger partial charge in [0.15, 0.2) is 6.61 Å². The van der Waals surface area contributed by atoms with E-state index in [2.05, 4.69) is 33.0 Å². The van der Waals surface area contributed by atoms with E-state index < -0.39 is 0 Å². The number of amides is 1. The predicted molar refractivity (Wildman–Crippen MR) is 101 cm³/mol. The van der Waals surface area contributed by atoms with Crippen LogP contribution in [0.2, 0.25) is 0 Å². The largest absolute Gasteiger partial charge is 0.484 e. The van der Waals surface area contributed by atoms with Crippen molar-refractivity contribution in [1.29, 1.82) is 0 Å². The third kappa shape index (κ3) is 4.59. The topological polar surface area (TPSA) is 32.8 Å². The Labute approximate surface area is 155 Å². The number of thiophene rings is 1. The lowest BCUT2D eigenvalue weighted by Crippen LogP contribution is -2.49. The van der Waals surface area contributed by atoms with Crippen LogP contribution < -0.4 is 4.74 Å². The highest BCUT2D eigenvalue weighted by Crippen LogP contribution is 2.23. The normalized spacial score (nSPS) is 15.5. The Morgan fingerprint density at radius 2 is 1.92 bits per heavy atom. The van der Waals surface area contributed by atoms with E-state index in [0.717, 1.165) is 44.0 Å². The van der Waals surface area contributed by atoms with Crippen LogP contribution in [0.5, 0.6) is 5.75 Å². The number of aryl methyl sites for hydroxylation is 1. The van der Waals surface area contributed by atoms with Crippen LogP contribution in [-0.2, 0) is 11.3 Å². The summed E-state index contributed by atoms with van der Waals surface area (Å²) in [5, 5.41) is 0. The van der Waals surface area contributed by atoms with Gasteiger partial charge in [0.2, 0.25) is 0 Å².